The number of thiazole rings is 1. The smallest absolute Gasteiger partial charge is 0.410 e. The summed E-state index contributed by atoms with van der Waals surface area (Å²) < 4.78 is 6.33. The van der Waals surface area contributed by atoms with Crippen LogP contribution in [0.4, 0.5) is 4.79 Å². The fraction of sp³-hybridized carbons (Fsp3) is 0.636. The number of rotatable bonds is 1. The van der Waals surface area contributed by atoms with Crippen LogP contribution in [0.5, 0.6) is 0 Å². The Labute approximate surface area is 119 Å². The van der Waals surface area contributed by atoms with Crippen molar-refractivity contribution in [3.63, 3.8) is 0 Å². The van der Waals surface area contributed by atoms with Crippen LogP contribution in [0.25, 0.3) is 0 Å². The number of halogens is 1. The minimum atomic E-state index is -0.418. The van der Waals surface area contributed by atoms with Crippen molar-refractivity contribution >= 4 is 40.0 Å². The first kappa shape index (κ1) is 13.1. The summed E-state index contributed by atoms with van der Waals surface area (Å²) in [6.45, 7) is 7.08. The molecular weight excluding hydrogens is 351 g/mol. The van der Waals surface area contributed by atoms with Gasteiger partial charge in [-0.3, -0.25) is 0 Å². The molecule has 0 atom stereocenters. The highest BCUT2D eigenvalue weighted by Crippen LogP contribution is 2.30. The van der Waals surface area contributed by atoms with E-state index in [1.54, 1.807) is 16.2 Å². The fourth-order valence-electron chi connectivity index (χ4n) is 1.56. The molecule has 1 fully saturated rings. The summed E-state index contributed by atoms with van der Waals surface area (Å²) in [5, 5.41) is 3.15. The number of hydrogen-bond donors (Lipinski definition) is 0. The molecule has 6 heteroatoms. The lowest BCUT2D eigenvalue weighted by molar-refractivity contribution is 0.00817. The highest BCUT2D eigenvalue weighted by molar-refractivity contribution is 14.1. The third kappa shape index (κ3) is 3.31. The number of ether oxygens (including phenoxy) is 1. The Hall–Kier alpha value is -0.370. The number of nitrogens with zero attached hydrogens (tertiary/aromatic N) is 2. The lowest BCUT2D eigenvalue weighted by Gasteiger charge is -2.38. The van der Waals surface area contributed by atoms with Crippen molar-refractivity contribution in [3.05, 3.63) is 14.1 Å². The van der Waals surface area contributed by atoms with Gasteiger partial charge in [0.25, 0.3) is 0 Å². The first-order chi connectivity index (χ1) is 7.85. The van der Waals surface area contributed by atoms with Crippen LogP contribution in [0.15, 0.2) is 5.38 Å². The monoisotopic (exact) mass is 366 g/mol. The maximum absolute atomic E-state index is 11.7. The topological polar surface area (TPSA) is 42.4 Å². The number of hydrogen-bond acceptors (Lipinski definition) is 4. The van der Waals surface area contributed by atoms with Crippen LogP contribution >= 0.6 is 33.9 Å². The van der Waals surface area contributed by atoms with E-state index in [-0.39, 0.29) is 6.09 Å². The molecule has 1 aromatic heterocycles. The second-order valence-corrected chi connectivity index (χ2v) is 7.09. The predicted molar refractivity (Wildman–Crippen MR) is 75.4 cm³/mol. The van der Waals surface area contributed by atoms with Gasteiger partial charge in [0.15, 0.2) is 0 Å². The zero-order chi connectivity index (χ0) is 12.6. The van der Waals surface area contributed by atoms with Crippen LogP contribution < -0.4 is 0 Å². The van der Waals surface area contributed by atoms with E-state index in [9.17, 15) is 4.79 Å². The van der Waals surface area contributed by atoms with Crippen LogP contribution in [-0.4, -0.2) is 34.7 Å². The van der Waals surface area contributed by atoms with Crippen LogP contribution in [0.3, 0.4) is 0 Å². The molecule has 17 heavy (non-hydrogen) atoms. The second-order valence-electron chi connectivity index (χ2n) is 5.09. The third-order valence-electron chi connectivity index (χ3n) is 2.38. The van der Waals surface area contributed by atoms with Gasteiger partial charge in [-0.2, -0.15) is 0 Å². The predicted octanol–water partition coefficient (Wildman–Crippen LogP) is 3.08. The molecule has 0 N–H and O–H groups in total. The Bertz CT molecular complexity index is 421. The SMILES string of the molecule is CC(C)(C)OC(=O)N1CC(c2nc(I)cs2)C1. The fourth-order valence-corrected chi connectivity index (χ4v) is 3.13. The Morgan fingerprint density at radius 3 is 2.71 bits per heavy atom. The van der Waals surface area contributed by atoms with E-state index in [2.05, 4.69) is 27.6 Å². The summed E-state index contributed by atoms with van der Waals surface area (Å²) in [5.74, 6) is 0.385. The standard InChI is InChI=1S/C11H15IN2O2S/c1-11(2,3)16-10(15)14-4-7(5-14)9-13-8(12)6-17-9/h6-7H,4-5H2,1-3H3. The molecule has 94 valence electrons. The largest absolute Gasteiger partial charge is 0.444 e. The molecule has 1 amide bonds. The first-order valence-corrected chi connectivity index (χ1v) is 7.40. The zero-order valence-corrected chi connectivity index (χ0v) is 13.0. The second kappa shape index (κ2) is 4.72. The summed E-state index contributed by atoms with van der Waals surface area (Å²) in [6, 6.07) is 0. The van der Waals surface area contributed by atoms with E-state index in [4.69, 9.17) is 4.74 Å². The Balaban J connectivity index is 1.85. The molecule has 2 rings (SSSR count). The van der Waals surface area contributed by atoms with Crippen LogP contribution in [0.2, 0.25) is 0 Å². The van der Waals surface area contributed by atoms with Crippen molar-refractivity contribution < 1.29 is 9.53 Å². The van der Waals surface area contributed by atoms with Gasteiger partial charge in [-0.15, -0.1) is 11.3 Å². The van der Waals surface area contributed by atoms with Crippen LogP contribution in [-0.2, 0) is 4.74 Å². The zero-order valence-electron chi connectivity index (χ0n) is 10.1. The number of carbonyl (C=O) groups is 1. The van der Waals surface area contributed by atoms with E-state index in [1.165, 1.54) is 0 Å². The molecular formula is C11H15IN2O2S. The summed E-state index contributed by atoms with van der Waals surface area (Å²) in [4.78, 5) is 17.9. The molecule has 0 bridgehead atoms. The molecule has 0 saturated carbocycles. The highest BCUT2D eigenvalue weighted by Gasteiger charge is 2.35. The molecule has 0 aromatic carbocycles. The van der Waals surface area contributed by atoms with E-state index in [1.807, 2.05) is 26.2 Å². The molecule has 0 radical (unpaired) electrons. The average molecular weight is 366 g/mol. The van der Waals surface area contributed by atoms with Gasteiger partial charge < -0.3 is 9.64 Å². The molecule has 2 heterocycles. The molecule has 1 aromatic rings. The molecule has 4 nitrogen and oxygen atoms in total. The molecule has 0 aliphatic carbocycles. The quantitative estimate of drug-likeness (QED) is 0.718. The minimum absolute atomic E-state index is 0.222. The van der Waals surface area contributed by atoms with Gasteiger partial charge >= 0.3 is 6.09 Å². The average Bonchev–Trinajstić information content (AvgIpc) is 2.45. The van der Waals surface area contributed by atoms with E-state index < -0.39 is 5.60 Å². The van der Waals surface area contributed by atoms with Gasteiger partial charge in [0, 0.05) is 24.4 Å². The third-order valence-corrected chi connectivity index (χ3v) is 4.36. The Morgan fingerprint density at radius 1 is 1.59 bits per heavy atom. The van der Waals surface area contributed by atoms with Gasteiger partial charge in [-0.05, 0) is 43.4 Å². The van der Waals surface area contributed by atoms with Gasteiger partial charge in [0.05, 0.1) is 0 Å². The van der Waals surface area contributed by atoms with Gasteiger partial charge in [0.2, 0.25) is 0 Å². The van der Waals surface area contributed by atoms with Crippen molar-refractivity contribution in [1.82, 2.24) is 9.88 Å². The Kier molecular flexibility index (Phi) is 3.63. The van der Waals surface area contributed by atoms with Crippen molar-refractivity contribution in [2.24, 2.45) is 0 Å². The Morgan fingerprint density at radius 2 is 2.24 bits per heavy atom. The van der Waals surface area contributed by atoms with E-state index in [0.29, 0.717) is 5.92 Å². The maximum atomic E-state index is 11.7. The van der Waals surface area contributed by atoms with Crippen molar-refractivity contribution in [2.45, 2.75) is 32.3 Å². The van der Waals surface area contributed by atoms with Gasteiger partial charge in [-0.25, -0.2) is 9.78 Å². The summed E-state index contributed by atoms with van der Waals surface area (Å²) in [5.41, 5.74) is -0.418. The molecule has 0 spiro atoms. The number of likely N-dealkylation sites (tertiary alicyclic amines) is 1. The van der Waals surface area contributed by atoms with Crippen LogP contribution in [0.1, 0.15) is 31.7 Å². The first-order valence-electron chi connectivity index (χ1n) is 5.44. The van der Waals surface area contributed by atoms with Crippen molar-refractivity contribution in [1.29, 1.82) is 0 Å². The van der Waals surface area contributed by atoms with Crippen molar-refractivity contribution in [2.75, 3.05) is 13.1 Å². The van der Waals surface area contributed by atoms with Crippen LogP contribution in [0, 0.1) is 3.70 Å². The van der Waals surface area contributed by atoms with E-state index >= 15 is 0 Å². The summed E-state index contributed by atoms with van der Waals surface area (Å²) in [6.07, 6.45) is -0.222. The van der Waals surface area contributed by atoms with Gasteiger partial charge in [0.1, 0.15) is 14.3 Å². The minimum Gasteiger partial charge on any atom is -0.444 e. The highest BCUT2D eigenvalue weighted by atomic mass is 127. The number of amides is 1. The molecule has 1 aliphatic heterocycles. The normalized spacial score (nSPS) is 16.8. The molecule has 1 saturated heterocycles. The summed E-state index contributed by atoms with van der Waals surface area (Å²) >= 11 is 3.87. The molecule has 1 aliphatic rings. The van der Waals surface area contributed by atoms with Gasteiger partial charge in [-0.1, -0.05) is 0 Å². The van der Waals surface area contributed by atoms with Crippen molar-refractivity contribution in [3.8, 4) is 0 Å². The molecule has 0 unspecified atom stereocenters. The van der Waals surface area contributed by atoms with E-state index in [0.717, 1.165) is 21.8 Å². The number of carbonyl (C=O) groups excluding carboxylic acids is 1. The number of aromatic nitrogens is 1. The maximum Gasteiger partial charge on any atom is 0.410 e. The lowest BCUT2D eigenvalue weighted by Crippen LogP contribution is -2.50. The summed E-state index contributed by atoms with van der Waals surface area (Å²) in [7, 11) is 0. The lowest BCUT2D eigenvalue weighted by atomic mass is 10.0.